The molecule has 1 aliphatic carbocycles. The van der Waals surface area contributed by atoms with Gasteiger partial charge in [-0.05, 0) is 43.2 Å². The first kappa shape index (κ1) is 18.9. The number of nitrogens with two attached hydrogens (primary N) is 1. The van der Waals surface area contributed by atoms with Crippen LogP contribution in [0.25, 0.3) is 11.3 Å². The first-order chi connectivity index (χ1) is 13.7. The van der Waals surface area contributed by atoms with Crippen molar-refractivity contribution in [2.75, 3.05) is 20.2 Å². The number of allylic oxidation sites excluding steroid dienone is 4. The van der Waals surface area contributed by atoms with Crippen LogP contribution in [0.2, 0.25) is 0 Å². The van der Waals surface area contributed by atoms with Crippen molar-refractivity contribution in [3.63, 3.8) is 0 Å². The highest BCUT2D eigenvalue weighted by Crippen LogP contribution is 2.43. The highest BCUT2D eigenvalue weighted by molar-refractivity contribution is 5.58. The van der Waals surface area contributed by atoms with Crippen molar-refractivity contribution in [1.29, 1.82) is 0 Å². The second-order valence-corrected chi connectivity index (χ2v) is 7.85. The third kappa shape index (κ3) is 3.88. The summed E-state index contributed by atoms with van der Waals surface area (Å²) in [4.78, 5) is 8.81. The number of hydrogen-bond acceptors (Lipinski definition) is 5. The number of hydrogen-bond donors (Lipinski definition) is 2. The van der Waals surface area contributed by atoms with Gasteiger partial charge in [-0.1, -0.05) is 24.3 Å². The third-order valence-electron chi connectivity index (χ3n) is 6.15. The minimum absolute atomic E-state index is 0.123. The monoisotopic (exact) mass is 379 g/mol. The Morgan fingerprint density at radius 3 is 3.07 bits per heavy atom. The van der Waals surface area contributed by atoms with Crippen LogP contribution in [0, 0.1) is 11.3 Å². The summed E-state index contributed by atoms with van der Waals surface area (Å²) in [5.74, 6) is 1.24. The second-order valence-electron chi connectivity index (χ2n) is 7.85. The summed E-state index contributed by atoms with van der Waals surface area (Å²) in [6.45, 7) is 2.87. The van der Waals surface area contributed by atoms with Crippen LogP contribution in [0.3, 0.4) is 0 Å². The van der Waals surface area contributed by atoms with Gasteiger partial charge in [0.05, 0.1) is 25.3 Å². The molecule has 0 saturated carbocycles. The normalized spacial score (nSPS) is 27.1. The van der Waals surface area contributed by atoms with Crippen molar-refractivity contribution in [1.82, 2.24) is 19.9 Å². The summed E-state index contributed by atoms with van der Waals surface area (Å²) in [6, 6.07) is 2.16. The first-order valence-electron chi connectivity index (χ1n) is 10.0. The highest BCUT2D eigenvalue weighted by Gasteiger charge is 2.40. The molecule has 1 saturated heterocycles. The minimum atomic E-state index is 0.123. The maximum absolute atomic E-state index is 6.51. The Balaban J connectivity index is 1.50. The number of aryl methyl sites for hydroxylation is 1. The van der Waals surface area contributed by atoms with Crippen LogP contribution in [0.5, 0.6) is 5.75 Å². The van der Waals surface area contributed by atoms with E-state index in [1.807, 2.05) is 18.6 Å². The molecule has 0 bridgehead atoms. The summed E-state index contributed by atoms with van der Waals surface area (Å²) in [6.07, 6.45) is 19.8. The second kappa shape index (κ2) is 8.29. The standard InChI is InChI=1S/C22H29N5O/c1-28-18-11-17(12-25-13-18)21-15-27(16-26-21)10-8-22(6-3-2-4-7-22)19-5-9-24-14-20(19)23/h2-4,6,11-13,15-16,19-20,24H,5,7-10,14,23H2,1H3. The number of piperidine rings is 1. The van der Waals surface area contributed by atoms with Gasteiger partial charge >= 0.3 is 0 Å². The van der Waals surface area contributed by atoms with E-state index in [-0.39, 0.29) is 11.5 Å². The molecular formula is C22H29N5O. The van der Waals surface area contributed by atoms with Crippen molar-refractivity contribution >= 4 is 0 Å². The Bertz CT molecular complexity index is 858. The van der Waals surface area contributed by atoms with Crippen LogP contribution in [-0.2, 0) is 6.54 Å². The molecule has 3 unspecified atom stereocenters. The van der Waals surface area contributed by atoms with E-state index in [0.29, 0.717) is 5.92 Å². The topological polar surface area (TPSA) is 78.0 Å². The van der Waals surface area contributed by atoms with Gasteiger partial charge in [-0.15, -0.1) is 0 Å². The largest absolute Gasteiger partial charge is 0.495 e. The van der Waals surface area contributed by atoms with Gasteiger partial charge < -0.3 is 20.4 Å². The van der Waals surface area contributed by atoms with Gasteiger partial charge in [0, 0.05) is 37.1 Å². The van der Waals surface area contributed by atoms with Crippen molar-refractivity contribution in [2.45, 2.75) is 31.8 Å². The molecule has 3 heterocycles. The number of pyridine rings is 1. The molecule has 3 N–H and O–H groups in total. The number of methoxy groups -OCH3 is 1. The van der Waals surface area contributed by atoms with Crippen molar-refractivity contribution in [3.8, 4) is 17.0 Å². The Hall–Kier alpha value is -2.44. The SMILES string of the molecule is COc1cncc(-c2cn(CCC3(C4CCNCC4N)C=CC=CC3)cn2)c1. The molecule has 2 aliphatic rings. The summed E-state index contributed by atoms with van der Waals surface area (Å²) < 4.78 is 7.45. The average Bonchev–Trinajstić information content (AvgIpc) is 3.22. The number of aromatic nitrogens is 3. The van der Waals surface area contributed by atoms with E-state index < -0.39 is 0 Å². The molecule has 2 aromatic rings. The predicted octanol–water partition coefficient (Wildman–Crippen LogP) is 2.78. The molecule has 0 spiro atoms. The van der Waals surface area contributed by atoms with E-state index in [0.717, 1.165) is 55.9 Å². The average molecular weight is 380 g/mol. The maximum atomic E-state index is 6.51. The molecule has 6 heteroatoms. The predicted molar refractivity (Wildman–Crippen MR) is 111 cm³/mol. The van der Waals surface area contributed by atoms with Gasteiger partial charge in [-0.3, -0.25) is 4.98 Å². The molecule has 1 aliphatic heterocycles. The molecule has 0 radical (unpaired) electrons. The number of imidazole rings is 1. The molecular weight excluding hydrogens is 350 g/mol. The molecule has 28 heavy (non-hydrogen) atoms. The Morgan fingerprint density at radius 1 is 1.36 bits per heavy atom. The lowest BCUT2D eigenvalue weighted by molar-refractivity contribution is 0.137. The van der Waals surface area contributed by atoms with Crippen LogP contribution in [0.1, 0.15) is 19.3 Å². The van der Waals surface area contributed by atoms with Crippen LogP contribution in [-0.4, -0.2) is 40.8 Å². The zero-order chi connectivity index (χ0) is 19.4. The molecule has 6 nitrogen and oxygen atoms in total. The van der Waals surface area contributed by atoms with Gasteiger partial charge in [0.1, 0.15) is 5.75 Å². The molecule has 0 aromatic carbocycles. The summed E-state index contributed by atoms with van der Waals surface area (Å²) >= 11 is 0. The lowest BCUT2D eigenvalue weighted by Crippen LogP contribution is -2.52. The Labute approximate surface area is 166 Å². The third-order valence-corrected chi connectivity index (χ3v) is 6.15. The maximum Gasteiger partial charge on any atom is 0.137 e. The number of nitrogens with one attached hydrogen (secondary N) is 1. The summed E-state index contributed by atoms with van der Waals surface area (Å²) in [5.41, 5.74) is 8.52. The minimum Gasteiger partial charge on any atom is -0.495 e. The Kier molecular flexibility index (Phi) is 5.59. The van der Waals surface area contributed by atoms with Gasteiger partial charge in [0.25, 0.3) is 0 Å². The van der Waals surface area contributed by atoms with Crippen molar-refractivity contribution in [2.24, 2.45) is 17.1 Å². The van der Waals surface area contributed by atoms with Crippen LogP contribution < -0.4 is 15.8 Å². The zero-order valence-corrected chi connectivity index (χ0v) is 16.4. The summed E-state index contributed by atoms with van der Waals surface area (Å²) in [5, 5.41) is 3.43. The quantitative estimate of drug-likeness (QED) is 0.807. The zero-order valence-electron chi connectivity index (χ0n) is 16.4. The van der Waals surface area contributed by atoms with Crippen molar-refractivity contribution in [3.05, 3.63) is 55.3 Å². The number of nitrogens with zero attached hydrogens (tertiary/aromatic N) is 3. The van der Waals surface area contributed by atoms with Crippen LogP contribution in [0.15, 0.2) is 55.3 Å². The van der Waals surface area contributed by atoms with Crippen LogP contribution >= 0.6 is 0 Å². The van der Waals surface area contributed by atoms with E-state index in [4.69, 9.17) is 10.5 Å². The van der Waals surface area contributed by atoms with Gasteiger partial charge in [-0.2, -0.15) is 0 Å². The lowest BCUT2D eigenvalue weighted by Gasteiger charge is -2.45. The van der Waals surface area contributed by atoms with Gasteiger partial charge in [0.2, 0.25) is 0 Å². The van der Waals surface area contributed by atoms with Crippen molar-refractivity contribution < 1.29 is 4.74 Å². The smallest absolute Gasteiger partial charge is 0.137 e. The molecule has 1 fully saturated rings. The van der Waals surface area contributed by atoms with E-state index >= 15 is 0 Å². The fraction of sp³-hybridized carbons (Fsp3) is 0.455. The Morgan fingerprint density at radius 2 is 2.29 bits per heavy atom. The summed E-state index contributed by atoms with van der Waals surface area (Å²) in [7, 11) is 1.65. The number of ether oxygens (including phenoxy) is 1. The van der Waals surface area contributed by atoms with E-state index in [1.54, 1.807) is 13.3 Å². The number of rotatable bonds is 6. The lowest BCUT2D eigenvalue weighted by atomic mass is 9.64. The molecule has 2 aromatic heterocycles. The first-order valence-corrected chi connectivity index (χ1v) is 10.0. The fourth-order valence-electron chi connectivity index (χ4n) is 4.56. The molecule has 148 valence electrons. The fourth-order valence-corrected chi connectivity index (χ4v) is 4.56. The van der Waals surface area contributed by atoms with E-state index in [9.17, 15) is 0 Å². The van der Waals surface area contributed by atoms with Gasteiger partial charge in [0.15, 0.2) is 0 Å². The van der Waals surface area contributed by atoms with Gasteiger partial charge in [-0.25, -0.2) is 4.98 Å². The highest BCUT2D eigenvalue weighted by atomic mass is 16.5. The van der Waals surface area contributed by atoms with Crippen LogP contribution in [0.4, 0.5) is 0 Å². The molecule has 4 rings (SSSR count). The van der Waals surface area contributed by atoms with E-state index in [1.165, 1.54) is 0 Å². The molecule has 0 amide bonds. The van der Waals surface area contributed by atoms with E-state index in [2.05, 4.69) is 50.4 Å². The molecule has 3 atom stereocenters.